The summed E-state index contributed by atoms with van der Waals surface area (Å²) in [4.78, 5) is 18.8. The molecule has 0 spiro atoms. The van der Waals surface area contributed by atoms with E-state index in [0.717, 1.165) is 34.7 Å². The first-order chi connectivity index (χ1) is 20.9. The SMILES string of the molecule is CC(=O)O.CC(C)(C)c1cc(C=NCC(N=Cc2cc(C(C)(C)C)cc(C(C)(C)C)c2O)c2ccccc2)c(O)c(C(C)(C)C)c1.[Co]. The van der Waals surface area contributed by atoms with Gasteiger partial charge < -0.3 is 15.3 Å². The van der Waals surface area contributed by atoms with Crippen LogP contribution in [0.5, 0.6) is 11.5 Å². The first-order valence-corrected chi connectivity index (χ1v) is 16.0. The molecule has 0 fully saturated rings. The van der Waals surface area contributed by atoms with Crippen LogP contribution in [0.2, 0.25) is 0 Å². The second-order valence-electron chi connectivity index (χ2n) is 16.1. The van der Waals surface area contributed by atoms with Crippen molar-refractivity contribution in [2.45, 2.75) is 118 Å². The largest absolute Gasteiger partial charge is 0.507 e. The van der Waals surface area contributed by atoms with Crippen LogP contribution in [0.15, 0.2) is 64.6 Å². The van der Waals surface area contributed by atoms with Crippen molar-refractivity contribution < 1.29 is 36.9 Å². The van der Waals surface area contributed by atoms with Gasteiger partial charge in [-0.3, -0.25) is 14.8 Å². The van der Waals surface area contributed by atoms with Crippen LogP contribution >= 0.6 is 0 Å². The Bertz CT molecular complexity index is 1540. The molecule has 3 aromatic carbocycles. The maximum Gasteiger partial charge on any atom is 0.300 e. The van der Waals surface area contributed by atoms with Crippen molar-refractivity contribution in [3.63, 3.8) is 0 Å². The number of nitrogens with zero attached hydrogens (tertiary/aromatic N) is 2. The molecule has 0 aromatic heterocycles. The van der Waals surface area contributed by atoms with Crippen molar-refractivity contribution in [3.8, 4) is 11.5 Å². The first kappa shape index (κ1) is 41.6. The minimum Gasteiger partial charge on any atom is -0.507 e. The Morgan fingerprint density at radius 1 is 0.681 bits per heavy atom. The summed E-state index contributed by atoms with van der Waals surface area (Å²) in [5.74, 6) is -0.286. The fourth-order valence-corrected chi connectivity index (χ4v) is 4.86. The molecule has 1 atom stereocenters. The van der Waals surface area contributed by atoms with Crippen LogP contribution in [-0.4, -0.2) is 40.3 Å². The van der Waals surface area contributed by atoms with E-state index in [1.165, 1.54) is 0 Å². The van der Waals surface area contributed by atoms with Crippen LogP contribution in [0.4, 0.5) is 0 Å². The van der Waals surface area contributed by atoms with Crippen molar-refractivity contribution >= 4 is 18.4 Å². The predicted molar refractivity (Wildman–Crippen MR) is 194 cm³/mol. The fraction of sp³-hybridized carbons (Fsp3) is 0.475. The van der Waals surface area contributed by atoms with E-state index in [1.807, 2.05) is 30.3 Å². The minimum atomic E-state index is -0.833. The smallest absolute Gasteiger partial charge is 0.300 e. The fourth-order valence-electron chi connectivity index (χ4n) is 4.86. The third-order valence-electron chi connectivity index (χ3n) is 7.71. The monoisotopic (exact) mass is 687 g/mol. The number of hydrogen-bond acceptors (Lipinski definition) is 5. The van der Waals surface area contributed by atoms with E-state index in [1.54, 1.807) is 12.4 Å². The van der Waals surface area contributed by atoms with Gasteiger partial charge in [-0.05, 0) is 50.5 Å². The van der Waals surface area contributed by atoms with Gasteiger partial charge in [0.1, 0.15) is 11.5 Å². The van der Waals surface area contributed by atoms with Crippen molar-refractivity contribution in [1.82, 2.24) is 0 Å². The summed E-state index contributed by atoms with van der Waals surface area (Å²) >= 11 is 0. The number of carbonyl (C=O) groups is 1. The number of hydrogen-bond donors (Lipinski definition) is 3. The topological polar surface area (TPSA) is 102 Å². The van der Waals surface area contributed by atoms with Crippen LogP contribution in [0.25, 0.3) is 0 Å². The molecular formula is C40H56CoN2O4. The van der Waals surface area contributed by atoms with Gasteiger partial charge in [0, 0.05) is 58.4 Å². The van der Waals surface area contributed by atoms with Crippen molar-refractivity contribution in [2.75, 3.05) is 6.54 Å². The van der Waals surface area contributed by atoms with E-state index in [-0.39, 0.29) is 56.0 Å². The summed E-state index contributed by atoms with van der Waals surface area (Å²) in [5, 5.41) is 29.9. The average molecular weight is 688 g/mol. The van der Waals surface area contributed by atoms with Crippen molar-refractivity contribution in [1.29, 1.82) is 0 Å². The number of rotatable bonds is 6. The van der Waals surface area contributed by atoms with Gasteiger partial charge in [0.2, 0.25) is 0 Å². The Hall–Kier alpha value is -3.42. The van der Waals surface area contributed by atoms with Gasteiger partial charge in [0.05, 0.1) is 12.6 Å². The molecule has 7 heteroatoms. The molecule has 0 amide bonds. The summed E-state index contributed by atoms with van der Waals surface area (Å²) < 4.78 is 0. The van der Waals surface area contributed by atoms with E-state index in [4.69, 9.17) is 19.9 Å². The van der Waals surface area contributed by atoms with Gasteiger partial charge >= 0.3 is 0 Å². The van der Waals surface area contributed by atoms with E-state index >= 15 is 0 Å². The summed E-state index contributed by atoms with van der Waals surface area (Å²) in [6, 6.07) is 18.2. The molecule has 0 saturated heterocycles. The van der Waals surface area contributed by atoms with Crippen LogP contribution < -0.4 is 0 Å². The number of phenolic OH excluding ortho intramolecular Hbond substituents is 2. The minimum absolute atomic E-state index is 0. The summed E-state index contributed by atoms with van der Waals surface area (Å²) in [6.07, 6.45) is 3.57. The summed E-state index contributed by atoms with van der Waals surface area (Å²) in [5.41, 5.74) is 6.04. The van der Waals surface area contributed by atoms with E-state index in [2.05, 4.69) is 107 Å². The third-order valence-corrected chi connectivity index (χ3v) is 7.71. The molecule has 1 unspecified atom stereocenters. The van der Waals surface area contributed by atoms with Crippen LogP contribution in [-0.2, 0) is 43.2 Å². The molecule has 1 radical (unpaired) electrons. The van der Waals surface area contributed by atoms with E-state index in [0.29, 0.717) is 17.7 Å². The quantitative estimate of drug-likeness (QED) is 0.225. The second-order valence-corrected chi connectivity index (χ2v) is 16.1. The standard InChI is InChI=1S/C38H52N2O2.C2H4O2.Co/c1-35(2,3)28-18-26(33(41)30(20-28)37(7,8)9)22-39-24-32(25-16-14-13-15-17-25)40-23-27-19-29(36(4,5)6)21-31(34(27)42)38(10,11)12;1-2(3)4;/h13-23,32,41-42H,24H2,1-12H3;1H3,(H,3,4);. The number of aromatic hydroxyl groups is 2. The summed E-state index contributed by atoms with van der Waals surface area (Å²) in [6.45, 7) is 27.3. The molecule has 0 aliphatic rings. The number of aliphatic imine (C=N–C) groups is 2. The average Bonchev–Trinajstić information content (AvgIpc) is 2.89. The van der Waals surface area contributed by atoms with Gasteiger partial charge in [0.15, 0.2) is 0 Å². The Labute approximate surface area is 293 Å². The Kier molecular flexibility index (Phi) is 14.3. The van der Waals surface area contributed by atoms with E-state index in [9.17, 15) is 10.2 Å². The predicted octanol–water partition coefficient (Wildman–Crippen LogP) is 9.66. The summed E-state index contributed by atoms with van der Waals surface area (Å²) in [7, 11) is 0. The zero-order chi connectivity index (χ0) is 35.3. The molecule has 0 aliphatic carbocycles. The van der Waals surface area contributed by atoms with Crippen LogP contribution in [0.1, 0.15) is 135 Å². The second kappa shape index (κ2) is 16.1. The first-order valence-electron chi connectivity index (χ1n) is 16.0. The molecule has 47 heavy (non-hydrogen) atoms. The Balaban J connectivity index is 0.00000208. The van der Waals surface area contributed by atoms with Gasteiger partial charge in [-0.2, -0.15) is 0 Å². The van der Waals surface area contributed by atoms with Crippen LogP contribution in [0.3, 0.4) is 0 Å². The van der Waals surface area contributed by atoms with Crippen LogP contribution in [0, 0.1) is 0 Å². The number of aliphatic carboxylic acids is 1. The molecule has 259 valence electrons. The number of carboxylic acid groups (broad SMARTS) is 1. The molecular weight excluding hydrogens is 631 g/mol. The van der Waals surface area contributed by atoms with Gasteiger partial charge in [-0.1, -0.05) is 126 Å². The van der Waals surface area contributed by atoms with E-state index < -0.39 is 5.97 Å². The normalized spacial score (nSPS) is 13.2. The molecule has 0 bridgehead atoms. The number of phenols is 2. The molecule has 3 aromatic rings. The molecule has 0 heterocycles. The maximum atomic E-state index is 11.3. The van der Waals surface area contributed by atoms with Crippen molar-refractivity contribution in [2.24, 2.45) is 9.98 Å². The maximum absolute atomic E-state index is 11.3. The molecule has 3 rings (SSSR count). The van der Waals surface area contributed by atoms with Gasteiger partial charge in [-0.15, -0.1) is 0 Å². The Morgan fingerprint density at radius 2 is 1.06 bits per heavy atom. The zero-order valence-corrected chi connectivity index (χ0v) is 31.7. The molecule has 0 aliphatic heterocycles. The zero-order valence-electron chi connectivity index (χ0n) is 30.6. The van der Waals surface area contributed by atoms with Gasteiger partial charge in [-0.25, -0.2) is 0 Å². The Morgan fingerprint density at radius 3 is 1.43 bits per heavy atom. The number of carboxylic acids is 1. The number of benzene rings is 3. The van der Waals surface area contributed by atoms with Gasteiger partial charge in [0.25, 0.3) is 5.97 Å². The van der Waals surface area contributed by atoms with Crippen molar-refractivity contribution in [3.05, 3.63) is 93.5 Å². The molecule has 6 nitrogen and oxygen atoms in total. The molecule has 3 N–H and O–H groups in total. The molecule has 0 saturated carbocycles. The third kappa shape index (κ3) is 12.3.